The van der Waals surface area contributed by atoms with Gasteiger partial charge in [0.2, 0.25) is 0 Å². The van der Waals surface area contributed by atoms with Gasteiger partial charge in [0.05, 0.1) is 5.02 Å². The van der Waals surface area contributed by atoms with E-state index in [0.717, 1.165) is 5.69 Å². The van der Waals surface area contributed by atoms with Crippen LogP contribution in [-0.4, -0.2) is 4.57 Å². The molecule has 0 spiro atoms. The molecule has 0 bridgehead atoms. The van der Waals surface area contributed by atoms with Crippen LogP contribution in [0, 0.1) is 11.3 Å². The van der Waals surface area contributed by atoms with Crippen LogP contribution in [0.2, 0.25) is 5.02 Å². The average molecular weight is 213 g/mol. The van der Waals surface area contributed by atoms with E-state index in [1.807, 2.05) is 31.5 Å². The second-order valence-electron chi connectivity index (χ2n) is 3.09. The van der Waals surface area contributed by atoms with Crippen molar-refractivity contribution in [3.05, 3.63) is 22.5 Å². The van der Waals surface area contributed by atoms with Crippen molar-refractivity contribution in [1.82, 2.24) is 4.57 Å². The largest absolute Gasteiger partial charge is 0.338 e. The average Bonchev–Trinajstić information content (AvgIpc) is 2.45. The van der Waals surface area contributed by atoms with Crippen molar-refractivity contribution in [2.75, 3.05) is 0 Å². The van der Waals surface area contributed by atoms with Crippen molar-refractivity contribution < 1.29 is 0 Å². The molecule has 3 heteroatoms. The number of aromatic nitrogens is 1. The molecule has 1 heterocycles. The minimum absolute atomic E-state index is 0.398. The molecule has 1 aromatic heterocycles. The molecule has 14 heavy (non-hydrogen) atoms. The van der Waals surface area contributed by atoms with E-state index in [2.05, 4.69) is 19.9 Å². The van der Waals surface area contributed by atoms with Gasteiger partial charge in [-0.2, -0.15) is 5.26 Å². The Morgan fingerprint density at radius 2 is 1.93 bits per heavy atom. The summed E-state index contributed by atoms with van der Waals surface area (Å²) in [5.41, 5.74) is 1.64. The summed E-state index contributed by atoms with van der Waals surface area (Å²) in [4.78, 5) is 0. The highest BCUT2D eigenvalue weighted by Gasteiger charge is 2.12. The van der Waals surface area contributed by atoms with Crippen molar-refractivity contribution in [1.29, 1.82) is 5.26 Å². The van der Waals surface area contributed by atoms with E-state index in [4.69, 9.17) is 16.9 Å². The van der Waals surface area contributed by atoms with E-state index in [0.29, 0.717) is 16.6 Å². The quantitative estimate of drug-likeness (QED) is 0.698. The topological polar surface area (TPSA) is 28.7 Å². The molecule has 0 aliphatic carbocycles. The van der Waals surface area contributed by atoms with Crippen LogP contribution in [-0.2, 0) is 7.05 Å². The summed E-state index contributed by atoms with van der Waals surface area (Å²) in [7, 11) is 1.86. The third-order valence-corrected chi connectivity index (χ3v) is 2.21. The third kappa shape index (κ3) is 2.52. The summed E-state index contributed by atoms with van der Waals surface area (Å²) in [6.45, 7) is 8.15. The maximum absolute atomic E-state index is 8.74. The number of rotatable bonds is 1. The van der Waals surface area contributed by atoms with Gasteiger partial charge in [0.1, 0.15) is 11.8 Å². The lowest BCUT2D eigenvalue weighted by Gasteiger charge is -2.05. The van der Waals surface area contributed by atoms with Gasteiger partial charge in [-0.25, -0.2) is 0 Å². The Hall–Kier alpha value is -0.940. The Morgan fingerprint density at radius 1 is 1.43 bits per heavy atom. The third-order valence-electron chi connectivity index (χ3n) is 1.92. The Balaban J connectivity index is 0.000000791. The molecule has 2 nitrogen and oxygen atoms in total. The highest BCUT2D eigenvalue weighted by molar-refractivity contribution is 6.31. The fourth-order valence-electron chi connectivity index (χ4n) is 1.27. The van der Waals surface area contributed by atoms with Crippen molar-refractivity contribution in [2.45, 2.75) is 33.6 Å². The van der Waals surface area contributed by atoms with Crippen LogP contribution < -0.4 is 0 Å². The second kappa shape index (κ2) is 5.72. The van der Waals surface area contributed by atoms with Gasteiger partial charge >= 0.3 is 0 Å². The Labute approximate surface area is 91.1 Å². The first-order valence-electron chi connectivity index (χ1n) is 4.83. The Kier molecular flexibility index (Phi) is 5.34. The first kappa shape index (κ1) is 13.1. The van der Waals surface area contributed by atoms with Crippen LogP contribution in [0.5, 0.6) is 0 Å². The molecule has 0 aromatic carbocycles. The fraction of sp³-hybridized carbons (Fsp3) is 0.545. The first-order chi connectivity index (χ1) is 6.57. The van der Waals surface area contributed by atoms with Crippen LogP contribution >= 0.6 is 11.6 Å². The van der Waals surface area contributed by atoms with Crippen molar-refractivity contribution >= 4 is 11.6 Å². The van der Waals surface area contributed by atoms with E-state index in [9.17, 15) is 0 Å². The number of nitriles is 1. The second-order valence-corrected chi connectivity index (χ2v) is 3.50. The van der Waals surface area contributed by atoms with Crippen molar-refractivity contribution in [3.8, 4) is 6.07 Å². The van der Waals surface area contributed by atoms with E-state index >= 15 is 0 Å². The van der Waals surface area contributed by atoms with Crippen LogP contribution in [0.1, 0.15) is 45.0 Å². The molecular weight excluding hydrogens is 196 g/mol. The fourth-order valence-corrected chi connectivity index (χ4v) is 1.55. The highest BCUT2D eigenvalue weighted by Crippen LogP contribution is 2.24. The summed E-state index contributed by atoms with van der Waals surface area (Å²) < 4.78 is 1.84. The Morgan fingerprint density at radius 3 is 2.14 bits per heavy atom. The molecule has 0 aliphatic heterocycles. The molecule has 0 saturated heterocycles. The molecule has 0 N–H and O–H groups in total. The number of hydrogen-bond donors (Lipinski definition) is 0. The minimum Gasteiger partial charge on any atom is -0.338 e. The van der Waals surface area contributed by atoms with E-state index in [-0.39, 0.29) is 0 Å². The molecular formula is C11H17ClN2. The zero-order valence-corrected chi connectivity index (χ0v) is 10.2. The summed E-state index contributed by atoms with van der Waals surface area (Å²) in [5.74, 6) is 0.398. The zero-order valence-electron chi connectivity index (χ0n) is 9.43. The molecule has 0 amide bonds. The predicted octanol–water partition coefficient (Wildman–Crippen LogP) is 3.70. The Bertz CT molecular complexity index is 332. The smallest absolute Gasteiger partial charge is 0.139 e. The van der Waals surface area contributed by atoms with Gasteiger partial charge in [0.15, 0.2) is 0 Å². The van der Waals surface area contributed by atoms with E-state index < -0.39 is 0 Å². The number of halogens is 1. The zero-order chi connectivity index (χ0) is 11.3. The molecule has 0 aliphatic rings. The lowest BCUT2D eigenvalue weighted by Crippen LogP contribution is -1.99. The van der Waals surface area contributed by atoms with Gasteiger partial charge in [0, 0.05) is 12.7 Å². The van der Waals surface area contributed by atoms with E-state index in [1.165, 1.54) is 0 Å². The molecule has 0 radical (unpaired) electrons. The van der Waals surface area contributed by atoms with Crippen molar-refractivity contribution in [3.63, 3.8) is 0 Å². The SMILES string of the molecule is CC.CC(C)c1cc(Cl)c(C#N)n1C. The molecule has 0 atom stereocenters. The summed E-state index contributed by atoms with van der Waals surface area (Å²) in [6.07, 6.45) is 0. The first-order valence-corrected chi connectivity index (χ1v) is 5.21. The van der Waals surface area contributed by atoms with Crippen LogP contribution in [0.25, 0.3) is 0 Å². The van der Waals surface area contributed by atoms with Gasteiger partial charge in [-0.1, -0.05) is 39.3 Å². The maximum atomic E-state index is 8.74. The van der Waals surface area contributed by atoms with Crippen LogP contribution in [0.4, 0.5) is 0 Å². The summed E-state index contributed by atoms with van der Waals surface area (Å²) in [6, 6.07) is 3.92. The lowest BCUT2D eigenvalue weighted by molar-refractivity contribution is 0.735. The number of hydrogen-bond acceptors (Lipinski definition) is 1. The highest BCUT2D eigenvalue weighted by atomic mass is 35.5. The summed E-state index contributed by atoms with van der Waals surface area (Å²) in [5, 5.41) is 9.28. The van der Waals surface area contributed by atoms with Crippen molar-refractivity contribution in [2.24, 2.45) is 7.05 Å². The molecule has 0 saturated carbocycles. The minimum atomic E-state index is 0.398. The van der Waals surface area contributed by atoms with Crippen LogP contribution in [0.15, 0.2) is 6.07 Å². The number of nitrogens with zero attached hydrogens (tertiary/aromatic N) is 2. The maximum Gasteiger partial charge on any atom is 0.139 e. The van der Waals surface area contributed by atoms with E-state index in [1.54, 1.807) is 0 Å². The monoisotopic (exact) mass is 212 g/mol. The lowest BCUT2D eigenvalue weighted by atomic mass is 10.1. The summed E-state index contributed by atoms with van der Waals surface area (Å²) >= 11 is 5.85. The van der Waals surface area contributed by atoms with Gasteiger partial charge in [-0.15, -0.1) is 0 Å². The van der Waals surface area contributed by atoms with Gasteiger partial charge < -0.3 is 4.57 Å². The van der Waals surface area contributed by atoms with Gasteiger partial charge in [-0.05, 0) is 12.0 Å². The standard InChI is InChI=1S/C9H11ClN2.C2H6/c1-6(2)8-4-7(10)9(5-11)12(8)3;1-2/h4,6H,1-3H3;1-2H3. The predicted molar refractivity (Wildman–Crippen MR) is 60.6 cm³/mol. The molecule has 0 fully saturated rings. The molecule has 78 valence electrons. The molecule has 0 unspecified atom stereocenters. The van der Waals surface area contributed by atoms with Gasteiger partial charge in [-0.3, -0.25) is 0 Å². The normalized spacial score (nSPS) is 9.29. The molecule has 1 rings (SSSR count). The van der Waals surface area contributed by atoms with Crippen LogP contribution in [0.3, 0.4) is 0 Å². The molecule has 1 aromatic rings. The van der Waals surface area contributed by atoms with Gasteiger partial charge in [0.25, 0.3) is 0 Å².